The Morgan fingerprint density at radius 1 is 1.47 bits per heavy atom. The summed E-state index contributed by atoms with van der Waals surface area (Å²) < 4.78 is 30.3. The molecule has 8 heteroatoms. The number of rotatable bonds is 5. The highest BCUT2D eigenvalue weighted by Gasteiger charge is 2.25. The molecule has 1 rings (SSSR count). The van der Waals surface area contributed by atoms with E-state index in [0.717, 1.165) is 0 Å². The van der Waals surface area contributed by atoms with Gasteiger partial charge in [0.05, 0.1) is 25.0 Å². The van der Waals surface area contributed by atoms with Gasteiger partial charge in [-0.15, -0.1) is 11.6 Å². The van der Waals surface area contributed by atoms with Gasteiger partial charge in [-0.1, -0.05) is 0 Å². The van der Waals surface area contributed by atoms with E-state index in [-0.39, 0.29) is 17.5 Å². The average molecular weight is 285 g/mol. The molecular formula is C9H17ClN2O4S. The predicted octanol–water partition coefficient (Wildman–Crippen LogP) is -0.608. The van der Waals surface area contributed by atoms with Crippen LogP contribution in [0.15, 0.2) is 0 Å². The zero-order valence-electron chi connectivity index (χ0n) is 9.69. The number of amides is 1. The lowest BCUT2D eigenvalue weighted by Crippen LogP contribution is -2.50. The van der Waals surface area contributed by atoms with Crippen molar-refractivity contribution in [2.75, 3.05) is 37.9 Å². The molecule has 0 aromatic carbocycles. The molecule has 0 spiro atoms. The van der Waals surface area contributed by atoms with E-state index in [2.05, 4.69) is 4.72 Å². The summed E-state index contributed by atoms with van der Waals surface area (Å²) in [5.41, 5.74) is 0. The molecule has 0 radical (unpaired) electrons. The number of ether oxygens (including phenoxy) is 1. The van der Waals surface area contributed by atoms with Crippen molar-refractivity contribution in [1.29, 1.82) is 0 Å². The molecule has 0 aliphatic carbocycles. The summed E-state index contributed by atoms with van der Waals surface area (Å²) in [4.78, 5) is 13.5. The molecule has 1 N–H and O–H groups in total. The van der Waals surface area contributed by atoms with Crippen LogP contribution in [0.3, 0.4) is 0 Å². The average Bonchev–Trinajstić information content (AvgIpc) is 2.28. The minimum atomic E-state index is -3.48. The lowest BCUT2D eigenvalue weighted by Gasteiger charge is -2.29. The molecule has 1 aliphatic rings. The van der Waals surface area contributed by atoms with Crippen molar-refractivity contribution in [2.45, 2.75) is 13.0 Å². The van der Waals surface area contributed by atoms with Gasteiger partial charge >= 0.3 is 0 Å². The van der Waals surface area contributed by atoms with Crippen LogP contribution in [0.4, 0.5) is 0 Å². The van der Waals surface area contributed by atoms with Gasteiger partial charge in [0, 0.05) is 19.0 Å². The van der Waals surface area contributed by atoms with E-state index in [0.29, 0.717) is 26.3 Å². The summed E-state index contributed by atoms with van der Waals surface area (Å²) in [5.74, 6) is -0.408. The topological polar surface area (TPSA) is 75.7 Å². The molecule has 1 aliphatic heterocycles. The summed E-state index contributed by atoms with van der Waals surface area (Å²) in [7, 11) is -3.48. The molecule has 1 saturated heterocycles. The van der Waals surface area contributed by atoms with Gasteiger partial charge in [0.2, 0.25) is 15.9 Å². The summed E-state index contributed by atoms with van der Waals surface area (Å²) in [6, 6.07) is -0.763. The lowest BCUT2D eigenvalue weighted by molar-refractivity contribution is -0.136. The van der Waals surface area contributed by atoms with E-state index in [1.165, 1.54) is 6.92 Å². The van der Waals surface area contributed by atoms with Crippen LogP contribution in [0.5, 0.6) is 0 Å². The van der Waals surface area contributed by atoms with E-state index >= 15 is 0 Å². The highest BCUT2D eigenvalue weighted by atomic mass is 35.5. The second kappa shape index (κ2) is 6.53. The normalized spacial score (nSPS) is 19.1. The first-order chi connectivity index (χ1) is 7.96. The lowest BCUT2D eigenvalue weighted by atomic mass is 10.3. The van der Waals surface area contributed by atoms with Crippen LogP contribution in [0.1, 0.15) is 6.92 Å². The number of morpholine rings is 1. The minimum Gasteiger partial charge on any atom is -0.378 e. The van der Waals surface area contributed by atoms with Gasteiger partial charge in [-0.05, 0) is 6.92 Å². The van der Waals surface area contributed by atoms with Gasteiger partial charge in [-0.3, -0.25) is 4.79 Å². The van der Waals surface area contributed by atoms with Crippen molar-refractivity contribution in [2.24, 2.45) is 0 Å². The third kappa shape index (κ3) is 4.79. The Labute approximate surface area is 106 Å². The largest absolute Gasteiger partial charge is 0.378 e. The Bertz CT molecular complexity index is 354. The minimum absolute atomic E-state index is 0.00774. The number of hydrogen-bond acceptors (Lipinski definition) is 4. The molecule has 1 atom stereocenters. The summed E-state index contributed by atoms with van der Waals surface area (Å²) in [6.07, 6.45) is 0. The highest BCUT2D eigenvalue weighted by molar-refractivity contribution is 7.89. The van der Waals surface area contributed by atoms with Gasteiger partial charge in [-0.2, -0.15) is 0 Å². The van der Waals surface area contributed by atoms with Crippen molar-refractivity contribution in [3.8, 4) is 0 Å². The molecule has 0 bridgehead atoms. The fourth-order valence-corrected chi connectivity index (χ4v) is 3.11. The number of hydrogen-bond donors (Lipinski definition) is 1. The van der Waals surface area contributed by atoms with Crippen LogP contribution in [0, 0.1) is 0 Å². The molecule has 1 amide bonds. The standard InChI is InChI=1S/C9H17ClN2O4S/c1-8(11-17(14,15)7-2-10)9(13)12-3-5-16-6-4-12/h8,11H,2-7H2,1H3. The number of halogens is 1. The third-order valence-corrected chi connectivity index (χ3v) is 4.26. The molecular weight excluding hydrogens is 268 g/mol. The third-order valence-electron chi connectivity index (χ3n) is 2.40. The summed E-state index contributed by atoms with van der Waals surface area (Å²) >= 11 is 5.37. The van der Waals surface area contributed by atoms with Gasteiger partial charge in [0.1, 0.15) is 0 Å². The molecule has 1 unspecified atom stereocenters. The van der Waals surface area contributed by atoms with Crippen molar-refractivity contribution in [3.63, 3.8) is 0 Å². The maximum absolute atomic E-state index is 11.9. The SMILES string of the molecule is CC(NS(=O)(=O)CCCl)C(=O)N1CCOCC1. The monoisotopic (exact) mass is 284 g/mol. The smallest absolute Gasteiger partial charge is 0.240 e. The highest BCUT2D eigenvalue weighted by Crippen LogP contribution is 2.02. The number of alkyl halides is 1. The van der Waals surface area contributed by atoms with Gasteiger partial charge in [0.15, 0.2) is 0 Å². The van der Waals surface area contributed by atoms with E-state index in [1.54, 1.807) is 4.90 Å². The zero-order valence-corrected chi connectivity index (χ0v) is 11.3. The fraction of sp³-hybridized carbons (Fsp3) is 0.889. The van der Waals surface area contributed by atoms with E-state index in [4.69, 9.17) is 16.3 Å². The van der Waals surface area contributed by atoms with Crippen LogP contribution in [-0.4, -0.2) is 63.2 Å². The van der Waals surface area contributed by atoms with Crippen molar-refractivity contribution in [1.82, 2.24) is 9.62 Å². The molecule has 6 nitrogen and oxygen atoms in total. The Hall–Kier alpha value is -0.370. The summed E-state index contributed by atoms with van der Waals surface area (Å²) in [6.45, 7) is 3.52. The van der Waals surface area contributed by atoms with Crippen molar-refractivity contribution in [3.05, 3.63) is 0 Å². The molecule has 100 valence electrons. The Morgan fingerprint density at radius 2 is 2.06 bits per heavy atom. The van der Waals surface area contributed by atoms with E-state index < -0.39 is 16.1 Å². The molecule has 1 heterocycles. The van der Waals surface area contributed by atoms with Crippen LogP contribution < -0.4 is 4.72 Å². The number of carbonyl (C=O) groups is 1. The number of sulfonamides is 1. The van der Waals surface area contributed by atoms with E-state index in [1.807, 2.05) is 0 Å². The van der Waals surface area contributed by atoms with Gasteiger partial charge in [-0.25, -0.2) is 13.1 Å². The Balaban J connectivity index is 2.51. The maximum Gasteiger partial charge on any atom is 0.240 e. The van der Waals surface area contributed by atoms with Crippen LogP contribution >= 0.6 is 11.6 Å². The second-order valence-corrected chi connectivity index (χ2v) is 6.04. The van der Waals surface area contributed by atoms with Crippen LogP contribution in [0.25, 0.3) is 0 Å². The molecule has 0 aromatic rings. The van der Waals surface area contributed by atoms with Crippen molar-refractivity contribution >= 4 is 27.5 Å². The Kier molecular flexibility index (Phi) is 5.64. The summed E-state index contributed by atoms with van der Waals surface area (Å²) in [5, 5.41) is 0. The zero-order chi connectivity index (χ0) is 12.9. The maximum atomic E-state index is 11.9. The first-order valence-electron chi connectivity index (χ1n) is 5.39. The van der Waals surface area contributed by atoms with Gasteiger partial charge in [0.25, 0.3) is 0 Å². The number of nitrogens with zero attached hydrogens (tertiary/aromatic N) is 1. The first-order valence-corrected chi connectivity index (χ1v) is 7.57. The van der Waals surface area contributed by atoms with Crippen molar-refractivity contribution < 1.29 is 17.9 Å². The molecule has 0 saturated carbocycles. The molecule has 17 heavy (non-hydrogen) atoms. The number of nitrogens with one attached hydrogen (secondary N) is 1. The quantitative estimate of drug-likeness (QED) is 0.684. The Morgan fingerprint density at radius 3 is 2.59 bits per heavy atom. The first kappa shape index (κ1) is 14.7. The number of carbonyl (C=O) groups excluding carboxylic acids is 1. The van der Waals surface area contributed by atoms with E-state index in [9.17, 15) is 13.2 Å². The molecule has 1 fully saturated rings. The predicted molar refractivity (Wildman–Crippen MR) is 64.5 cm³/mol. The van der Waals surface area contributed by atoms with Crippen LogP contribution in [0.2, 0.25) is 0 Å². The van der Waals surface area contributed by atoms with Gasteiger partial charge < -0.3 is 9.64 Å². The van der Waals surface area contributed by atoms with Crippen LogP contribution in [-0.2, 0) is 19.6 Å². The second-order valence-electron chi connectivity index (χ2n) is 3.79. The fourth-order valence-electron chi connectivity index (χ4n) is 1.54. The molecule has 0 aromatic heterocycles.